The molecule has 1 aromatic carbocycles. The fourth-order valence-corrected chi connectivity index (χ4v) is 1.51. The van der Waals surface area contributed by atoms with Gasteiger partial charge in [0.2, 0.25) is 0 Å². The van der Waals surface area contributed by atoms with Crippen LogP contribution in [0.25, 0.3) is 0 Å². The minimum absolute atomic E-state index is 0.0916. The van der Waals surface area contributed by atoms with Crippen molar-refractivity contribution in [1.29, 1.82) is 0 Å². The minimum Gasteiger partial charge on any atom is -0.349 e. The second kappa shape index (κ2) is 8.09. The van der Waals surface area contributed by atoms with Crippen LogP contribution in [0.2, 0.25) is 0 Å². The molecule has 0 bridgehead atoms. The highest BCUT2D eigenvalue weighted by Gasteiger charge is 2.11. The highest BCUT2D eigenvalue weighted by molar-refractivity contribution is 5.95. The summed E-state index contributed by atoms with van der Waals surface area (Å²) >= 11 is 0. The van der Waals surface area contributed by atoms with Gasteiger partial charge in [0.05, 0.1) is 0 Å². The average Bonchev–Trinajstić information content (AvgIpc) is 2.45. The van der Waals surface area contributed by atoms with E-state index < -0.39 is 0 Å². The Bertz CT molecular complexity index is 495. The van der Waals surface area contributed by atoms with Gasteiger partial charge in [0, 0.05) is 23.8 Å². The van der Waals surface area contributed by atoms with Crippen molar-refractivity contribution in [2.24, 2.45) is 5.92 Å². The molecule has 0 aliphatic rings. The summed E-state index contributed by atoms with van der Waals surface area (Å²) in [6.07, 6.45) is 1.62. The molecule has 1 unspecified atom stereocenters. The first kappa shape index (κ1) is 16.8. The molecule has 0 radical (unpaired) electrons. The minimum atomic E-state index is -0.250. The van der Waals surface area contributed by atoms with Gasteiger partial charge >= 0.3 is 6.03 Å². The van der Waals surface area contributed by atoms with E-state index in [1.165, 1.54) is 0 Å². The van der Waals surface area contributed by atoms with Crippen molar-refractivity contribution in [3.05, 3.63) is 42.5 Å². The van der Waals surface area contributed by atoms with E-state index in [-0.39, 0.29) is 18.0 Å². The number of urea groups is 1. The molecule has 0 fully saturated rings. The van der Waals surface area contributed by atoms with Crippen molar-refractivity contribution in [3.8, 4) is 0 Å². The first-order valence-corrected chi connectivity index (χ1v) is 7.00. The second-order valence-corrected chi connectivity index (χ2v) is 5.21. The predicted molar refractivity (Wildman–Crippen MR) is 85.4 cm³/mol. The Morgan fingerprint density at radius 2 is 1.81 bits per heavy atom. The topological polar surface area (TPSA) is 70.2 Å². The molecule has 0 aliphatic carbocycles. The van der Waals surface area contributed by atoms with Crippen molar-refractivity contribution in [2.75, 3.05) is 11.9 Å². The normalized spacial score (nSPS) is 11.6. The number of carbonyl (C=O) groups excluding carboxylic acids is 2. The largest absolute Gasteiger partial charge is 0.349 e. The van der Waals surface area contributed by atoms with Crippen molar-refractivity contribution in [2.45, 2.75) is 26.8 Å². The highest BCUT2D eigenvalue weighted by Crippen LogP contribution is 2.10. The molecule has 3 N–H and O–H groups in total. The zero-order chi connectivity index (χ0) is 15.8. The molecule has 3 amide bonds. The number of amides is 3. The van der Waals surface area contributed by atoms with E-state index >= 15 is 0 Å². The summed E-state index contributed by atoms with van der Waals surface area (Å²) in [5.74, 6) is 0.200. The van der Waals surface area contributed by atoms with E-state index in [2.05, 4.69) is 22.5 Å². The lowest BCUT2D eigenvalue weighted by atomic mass is 10.1. The maximum Gasteiger partial charge on any atom is 0.319 e. The number of anilines is 1. The smallest absolute Gasteiger partial charge is 0.319 e. The Hall–Kier alpha value is -2.30. The van der Waals surface area contributed by atoms with Gasteiger partial charge in [-0.15, -0.1) is 6.58 Å². The number of nitrogens with one attached hydrogen (secondary N) is 3. The number of hydrogen-bond donors (Lipinski definition) is 3. The standard InChI is InChI=1S/C16H23N3O2/c1-5-10-17-15(20)13-6-8-14(9-7-13)19-16(21)18-12(4)11(2)3/h5-9,11-12H,1,10H2,2-4H3,(H,17,20)(H2,18,19,21). The van der Waals surface area contributed by atoms with Crippen molar-refractivity contribution in [3.63, 3.8) is 0 Å². The summed E-state index contributed by atoms with van der Waals surface area (Å²) in [7, 11) is 0. The summed E-state index contributed by atoms with van der Waals surface area (Å²) < 4.78 is 0. The fraction of sp³-hybridized carbons (Fsp3) is 0.375. The van der Waals surface area contributed by atoms with Gasteiger partial charge < -0.3 is 16.0 Å². The molecule has 5 nitrogen and oxygen atoms in total. The van der Waals surface area contributed by atoms with Gasteiger partial charge in [-0.05, 0) is 37.1 Å². The lowest BCUT2D eigenvalue weighted by Gasteiger charge is -2.17. The maximum atomic E-state index is 11.8. The van der Waals surface area contributed by atoms with E-state index in [0.717, 1.165) is 0 Å². The van der Waals surface area contributed by atoms with Gasteiger partial charge in [-0.1, -0.05) is 19.9 Å². The fourth-order valence-electron chi connectivity index (χ4n) is 1.51. The second-order valence-electron chi connectivity index (χ2n) is 5.21. The van der Waals surface area contributed by atoms with Crippen molar-refractivity contribution >= 4 is 17.6 Å². The van der Waals surface area contributed by atoms with Crippen LogP contribution in [0.5, 0.6) is 0 Å². The maximum absolute atomic E-state index is 11.8. The van der Waals surface area contributed by atoms with Gasteiger partial charge in [0.1, 0.15) is 0 Å². The van der Waals surface area contributed by atoms with E-state index in [1.54, 1.807) is 30.3 Å². The molecule has 0 heterocycles. The van der Waals surface area contributed by atoms with Gasteiger partial charge in [-0.25, -0.2) is 4.79 Å². The van der Waals surface area contributed by atoms with Crippen LogP contribution >= 0.6 is 0 Å². The van der Waals surface area contributed by atoms with Crippen LogP contribution in [0, 0.1) is 5.92 Å². The molecule has 0 saturated heterocycles. The SMILES string of the molecule is C=CCNC(=O)c1ccc(NC(=O)NC(C)C(C)C)cc1. The molecule has 0 aliphatic heterocycles. The number of rotatable bonds is 6. The van der Waals surface area contributed by atoms with Crippen LogP contribution in [0.4, 0.5) is 10.5 Å². The summed E-state index contributed by atoms with van der Waals surface area (Å²) in [5, 5.41) is 8.28. The molecular formula is C16H23N3O2. The lowest BCUT2D eigenvalue weighted by Crippen LogP contribution is -2.39. The summed E-state index contributed by atoms with van der Waals surface area (Å²) in [4.78, 5) is 23.5. The number of carbonyl (C=O) groups is 2. The Morgan fingerprint density at radius 3 is 2.33 bits per heavy atom. The van der Waals surface area contributed by atoms with Crippen molar-refractivity contribution in [1.82, 2.24) is 10.6 Å². The molecule has 0 aromatic heterocycles. The molecular weight excluding hydrogens is 266 g/mol. The Labute approximate surface area is 125 Å². The average molecular weight is 289 g/mol. The number of benzene rings is 1. The third-order valence-corrected chi connectivity index (χ3v) is 3.17. The Morgan fingerprint density at radius 1 is 1.19 bits per heavy atom. The van der Waals surface area contributed by atoms with Gasteiger partial charge in [-0.2, -0.15) is 0 Å². The molecule has 1 atom stereocenters. The molecule has 21 heavy (non-hydrogen) atoms. The molecule has 0 saturated carbocycles. The monoisotopic (exact) mass is 289 g/mol. The molecule has 0 spiro atoms. The molecule has 1 rings (SSSR count). The lowest BCUT2D eigenvalue weighted by molar-refractivity contribution is 0.0958. The van der Waals surface area contributed by atoms with Gasteiger partial charge in [0.15, 0.2) is 0 Å². The van der Waals surface area contributed by atoms with E-state index in [0.29, 0.717) is 23.7 Å². The van der Waals surface area contributed by atoms with Crippen molar-refractivity contribution < 1.29 is 9.59 Å². The van der Waals surface area contributed by atoms with Crippen LogP contribution < -0.4 is 16.0 Å². The quantitative estimate of drug-likeness (QED) is 0.705. The van der Waals surface area contributed by atoms with Crippen LogP contribution in [0.1, 0.15) is 31.1 Å². The zero-order valence-electron chi connectivity index (χ0n) is 12.8. The van der Waals surface area contributed by atoms with Crippen LogP contribution in [-0.4, -0.2) is 24.5 Å². The van der Waals surface area contributed by atoms with E-state index in [1.807, 2.05) is 20.8 Å². The van der Waals surface area contributed by atoms with E-state index in [4.69, 9.17) is 0 Å². The first-order valence-electron chi connectivity index (χ1n) is 7.00. The number of hydrogen-bond acceptors (Lipinski definition) is 2. The molecule has 114 valence electrons. The summed E-state index contributed by atoms with van der Waals surface area (Å²) in [6, 6.07) is 6.57. The summed E-state index contributed by atoms with van der Waals surface area (Å²) in [5.41, 5.74) is 1.18. The third-order valence-electron chi connectivity index (χ3n) is 3.17. The molecule has 5 heteroatoms. The highest BCUT2D eigenvalue weighted by atomic mass is 16.2. The van der Waals surface area contributed by atoms with Crippen LogP contribution in [0.3, 0.4) is 0 Å². The molecule has 1 aromatic rings. The van der Waals surface area contributed by atoms with E-state index in [9.17, 15) is 9.59 Å². The summed E-state index contributed by atoms with van der Waals surface area (Å²) in [6.45, 7) is 10.0. The third kappa shape index (κ3) is 5.69. The first-order chi connectivity index (χ1) is 9.93. The Kier molecular flexibility index (Phi) is 6.46. The Balaban J connectivity index is 2.56. The van der Waals surface area contributed by atoms with Crippen LogP contribution in [0.15, 0.2) is 36.9 Å². The van der Waals surface area contributed by atoms with Crippen LogP contribution in [-0.2, 0) is 0 Å². The van der Waals surface area contributed by atoms with Gasteiger partial charge in [0.25, 0.3) is 5.91 Å². The predicted octanol–water partition coefficient (Wildman–Crippen LogP) is 2.77. The zero-order valence-corrected chi connectivity index (χ0v) is 12.8. The van der Waals surface area contributed by atoms with Gasteiger partial charge in [-0.3, -0.25) is 4.79 Å².